The molecule has 2 nitrogen and oxygen atoms in total. The van der Waals surface area contributed by atoms with Gasteiger partial charge in [0, 0.05) is 16.3 Å². The summed E-state index contributed by atoms with van der Waals surface area (Å²) in [6.45, 7) is 0.630. The lowest BCUT2D eigenvalue weighted by molar-refractivity contribution is 0.0940. The lowest BCUT2D eigenvalue weighted by Crippen LogP contribution is -2.31. The predicted molar refractivity (Wildman–Crippen MR) is 81.1 cm³/mol. The minimum Gasteiger partial charge on any atom is -0.352 e. The minimum atomic E-state index is -0.490. The third kappa shape index (κ3) is 3.78. The van der Waals surface area contributed by atoms with Crippen LogP contribution in [0.15, 0.2) is 22.7 Å². The Kier molecular flexibility index (Phi) is 5.39. The predicted octanol–water partition coefficient (Wildman–Crippen LogP) is 4.13. The van der Waals surface area contributed by atoms with Crippen LogP contribution in [0.1, 0.15) is 29.6 Å². The summed E-state index contributed by atoms with van der Waals surface area (Å²) in [7, 11) is 0. The van der Waals surface area contributed by atoms with E-state index in [1.54, 1.807) is 6.07 Å². The molecule has 19 heavy (non-hydrogen) atoms. The number of alkyl halides is 1. The molecule has 0 spiro atoms. The summed E-state index contributed by atoms with van der Waals surface area (Å²) in [5, 5.41) is 3.82. The van der Waals surface area contributed by atoms with Gasteiger partial charge < -0.3 is 5.32 Å². The number of carbonyl (C=O) groups is 1. The number of carbonyl (C=O) groups excluding carboxylic acids is 1. The quantitative estimate of drug-likeness (QED) is 0.767. The number of rotatable bonds is 4. The molecule has 2 rings (SSSR count). The molecule has 0 saturated heterocycles. The highest BCUT2D eigenvalue weighted by atomic mass is 79.9. The third-order valence-electron chi connectivity index (χ3n) is 3.72. The fourth-order valence-corrected chi connectivity index (χ4v) is 3.76. The normalized spacial score (nSPS) is 22.5. The molecule has 0 bridgehead atoms. The molecule has 0 aliphatic heterocycles. The van der Waals surface area contributed by atoms with E-state index < -0.39 is 5.82 Å². The number of benzene rings is 1. The molecule has 2 unspecified atom stereocenters. The number of hydrogen-bond acceptors (Lipinski definition) is 1. The number of hydrogen-bond donors (Lipinski definition) is 1. The second kappa shape index (κ2) is 6.84. The van der Waals surface area contributed by atoms with Crippen LogP contribution in [0.3, 0.4) is 0 Å². The summed E-state index contributed by atoms with van der Waals surface area (Å²) in [6, 6.07) is 4.49. The van der Waals surface area contributed by atoms with Crippen molar-refractivity contribution in [3.8, 4) is 0 Å². The van der Waals surface area contributed by atoms with Crippen molar-refractivity contribution < 1.29 is 9.18 Å². The van der Waals surface area contributed by atoms with Crippen molar-refractivity contribution in [2.75, 3.05) is 11.9 Å². The van der Waals surface area contributed by atoms with Gasteiger partial charge in [-0.2, -0.15) is 0 Å². The molecule has 2 atom stereocenters. The van der Waals surface area contributed by atoms with Crippen LogP contribution in [-0.4, -0.2) is 17.8 Å². The molecule has 0 heterocycles. The molecule has 1 fully saturated rings. The van der Waals surface area contributed by atoms with Gasteiger partial charge in [0.05, 0.1) is 5.56 Å². The van der Waals surface area contributed by atoms with Gasteiger partial charge >= 0.3 is 0 Å². The largest absolute Gasteiger partial charge is 0.352 e. The lowest BCUT2D eigenvalue weighted by Gasteiger charge is -2.17. The van der Waals surface area contributed by atoms with Gasteiger partial charge in [-0.1, -0.05) is 38.3 Å². The van der Waals surface area contributed by atoms with Gasteiger partial charge in [-0.15, -0.1) is 0 Å². The summed E-state index contributed by atoms with van der Waals surface area (Å²) < 4.78 is 14.3. The maximum Gasteiger partial charge on any atom is 0.254 e. The van der Waals surface area contributed by atoms with E-state index in [1.807, 2.05) is 0 Å². The average molecular weight is 393 g/mol. The Morgan fingerprint density at radius 2 is 2.11 bits per heavy atom. The zero-order valence-electron chi connectivity index (χ0n) is 10.5. The van der Waals surface area contributed by atoms with E-state index in [2.05, 4.69) is 37.2 Å². The van der Waals surface area contributed by atoms with Crippen molar-refractivity contribution in [3.05, 3.63) is 34.1 Å². The highest BCUT2D eigenvalue weighted by Gasteiger charge is 2.26. The van der Waals surface area contributed by atoms with Gasteiger partial charge in [0.2, 0.25) is 0 Å². The fourth-order valence-electron chi connectivity index (χ4n) is 2.58. The molecule has 1 aliphatic rings. The second-order valence-corrected chi connectivity index (χ2v) is 6.50. The maximum absolute atomic E-state index is 13.6. The van der Waals surface area contributed by atoms with E-state index in [1.165, 1.54) is 25.0 Å². The van der Waals surface area contributed by atoms with E-state index in [9.17, 15) is 9.18 Å². The van der Waals surface area contributed by atoms with E-state index in [4.69, 9.17) is 0 Å². The Labute approximate surface area is 129 Å². The van der Waals surface area contributed by atoms with E-state index in [0.717, 1.165) is 11.8 Å². The molecule has 1 saturated carbocycles. The van der Waals surface area contributed by atoms with Crippen molar-refractivity contribution in [1.82, 2.24) is 5.32 Å². The number of halogens is 3. The van der Waals surface area contributed by atoms with Gasteiger partial charge in [-0.05, 0) is 42.9 Å². The third-order valence-corrected chi connectivity index (χ3v) is 5.04. The van der Waals surface area contributed by atoms with Crippen molar-refractivity contribution in [3.63, 3.8) is 0 Å². The summed E-state index contributed by atoms with van der Waals surface area (Å²) >= 11 is 6.69. The zero-order valence-corrected chi connectivity index (χ0v) is 13.6. The number of amides is 1. The van der Waals surface area contributed by atoms with E-state index >= 15 is 0 Å². The van der Waals surface area contributed by atoms with Crippen molar-refractivity contribution >= 4 is 37.8 Å². The summed E-state index contributed by atoms with van der Waals surface area (Å²) in [5.41, 5.74) is 0.108. The molecule has 104 valence electrons. The minimum absolute atomic E-state index is 0.108. The molecule has 1 aliphatic carbocycles. The lowest BCUT2D eigenvalue weighted by atomic mass is 9.98. The first-order valence-electron chi connectivity index (χ1n) is 6.41. The van der Waals surface area contributed by atoms with Crippen LogP contribution < -0.4 is 5.32 Å². The Balaban J connectivity index is 1.94. The van der Waals surface area contributed by atoms with Crippen LogP contribution in [0.2, 0.25) is 0 Å². The zero-order chi connectivity index (χ0) is 13.8. The van der Waals surface area contributed by atoms with Crippen LogP contribution >= 0.6 is 31.9 Å². The van der Waals surface area contributed by atoms with E-state index in [-0.39, 0.29) is 11.5 Å². The second-order valence-electron chi connectivity index (χ2n) is 4.94. The first-order valence-corrected chi connectivity index (χ1v) is 8.32. The molecular formula is C14H16Br2FNO. The Hall–Kier alpha value is -0.420. The molecule has 1 aromatic rings. The van der Waals surface area contributed by atoms with Crippen molar-refractivity contribution in [2.45, 2.75) is 19.3 Å². The molecule has 5 heteroatoms. The molecule has 1 N–H and O–H groups in total. The SMILES string of the molecule is O=C(NCC1CCCC1CBr)c1ccc(Br)cc1F. The molecule has 0 aromatic heterocycles. The van der Waals surface area contributed by atoms with Gasteiger partial charge in [-0.25, -0.2) is 4.39 Å². The van der Waals surface area contributed by atoms with Crippen LogP contribution in [0.4, 0.5) is 4.39 Å². The Morgan fingerprint density at radius 3 is 2.79 bits per heavy atom. The molecule has 0 radical (unpaired) electrons. The first-order chi connectivity index (χ1) is 9.11. The fraction of sp³-hybridized carbons (Fsp3) is 0.500. The standard InChI is InChI=1S/C14H16Br2FNO/c15-7-9-2-1-3-10(9)8-18-14(19)12-5-4-11(16)6-13(12)17/h4-6,9-10H,1-3,7-8H2,(H,18,19). The molecule has 1 amide bonds. The first kappa shape index (κ1) is 15.0. The van der Waals surface area contributed by atoms with Crippen LogP contribution in [0, 0.1) is 17.7 Å². The highest BCUT2D eigenvalue weighted by Crippen LogP contribution is 2.32. The van der Waals surface area contributed by atoms with Gasteiger partial charge in [0.15, 0.2) is 0 Å². The van der Waals surface area contributed by atoms with Crippen LogP contribution in [0.25, 0.3) is 0 Å². The van der Waals surface area contributed by atoms with E-state index in [0.29, 0.717) is 22.9 Å². The highest BCUT2D eigenvalue weighted by molar-refractivity contribution is 9.10. The van der Waals surface area contributed by atoms with Gasteiger partial charge in [0.1, 0.15) is 5.82 Å². The van der Waals surface area contributed by atoms with Crippen molar-refractivity contribution in [1.29, 1.82) is 0 Å². The summed E-state index contributed by atoms with van der Waals surface area (Å²) in [5.74, 6) is 0.303. The van der Waals surface area contributed by atoms with Crippen LogP contribution in [-0.2, 0) is 0 Å². The van der Waals surface area contributed by atoms with Crippen molar-refractivity contribution in [2.24, 2.45) is 11.8 Å². The topological polar surface area (TPSA) is 29.1 Å². The maximum atomic E-state index is 13.6. The summed E-state index contributed by atoms with van der Waals surface area (Å²) in [6.07, 6.45) is 3.56. The van der Waals surface area contributed by atoms with Gasteiger partial charge in [-0.3, -0.25) is 4.79 Å². The number of nitrogens with one attached hydrogen (secondary N) is 1. The smallest absolute Gasteiger partial charge is 0.254 e. The molecular weight excluding hydrogens is 377 g/mol. The van der Waals surface area contributed by atoms with Crippen LogP contribution in [0.5, 0.6) is 0 Å². The summed E-state index contributed by atoms with van der Waals surface area (Å²) in [4.78, 5) is 12.0. The Bertz CT molecular complexity index is 467. The Morgan fingerprint density at radius 1 is 1.37 bits per heavy atom. The monoisotopic (exact) mass is 391 g/mol. The van der Waals surface area contributed by atoms with Gasteiger partial charge in [0.25, 0.3) is 5.91 Å². The average Bonchev–Trinajstić information content (AvgIpc) is 2.83. The molecule has 1 aromatic carbocycles.